The van der Waals surface area contributed by atoms with E-state index in [1.807, 2.05) is 17.9 Å². The van der Waals surface area contributed by atoms with E-state index >= 15 is 0 Å². The summed E-state index contributed by atoms with van der Waals surface area (Å²) < 4.78 is 1.84. The third-order valence-corrected chi connectivity index (χ3v) is 3.46. The molecule has 0 saturated carbocycles. The average molecular weight is 272 g/mol. The van der Waals surface area contributed by atoms with E-state index in [0.29, 0.717) is 6.04 Å². The van der Waals surface area contributed by atoms with Crippen molar-refractivity contribution in [2.75, 3.05) is 20.1 Å². The van der Waals surface area contributed by atoms with Gasteiger partial charge in [-0.15, -0.1) is 0 Å². The second-order valence-electron chi connectivity index (χ2n) is 5.35. The predicted molar refractivity (Wildman–Crippen MR) is 82.4 cm³/mol. The Bertz CT molecular complexity index is 506. The van der Waals surface area contributed by atoms with E-state index in [0.717, 1.165) is 19.6 Å². The molecule has 1 atom stereocenters. The van der Waals surface area contributed by atoms with Gasteiger partial charge in [0.05, 0.1) is 6.20 Å². The summed E-state index contributed by atoms with van der Waals surface area (Å²) >= 11 is 0. The minimum Gasteiger partial charge on any atom is -0.309 e. The van der Waals surface area contributed by atoms with Crippen LogP contribution in [0.3, 0.4) is 0 Å². The van der Waals surface area contributed by atoms with Crippen LogP contribution in [0.15, 0.2) is 42.7 Å². The van der Waals surface area contributed by atoms with Gasteiger partial charge in [0.25, 0.3) is 0 Å². The van der Waals surface area contributed by atoms with Crippen LogP contribution in [0.1, 0.15) is 24.1 Å². The van der Waals surface area contributed by atoms with Crippen molar-refractivity contribution in [1.29, 1.82) is 0 Å². The van der Waals surface area contributed by atoms with Crippen molar-refractivity contribution in [3.8, 4) is 0 Å². The van der Waals surface area contributed by atoms with Crippen LogP contribution in [0.25, 0.3) is 0 Å². The smallest absolute Gasteiger partial charge is 0.0537 e. The molecule has 2 aromatic rings. The van der Waals surface area contributed by atoms with Gasteiger partial charge in [0.2, 0.25) is 0 Å². The average Bonchev–Trinajstić information content (AvgIpc) is 2.86. The van der Waals surface area contributed by atoms with Crippen molar-refractivity contribution in [3.05, 3.63) is 53.9 Å². The highest BCUT2D eigenvalue weighted by atomic mass is 15.2. The molecule has 1 unspecified atom stereocenters. The van der Waals surface area contributed by atoms with E-state index in [1.165, 1.54) is 11.1 Å². The third-order valence-electron chi connectivity index (χ3n) is 3.46. The predicted octanol–water partition coefficient (Wildman–Crippen LogP) is 2.20. The van der Waals surface area contributed by atoms with Gasteiger partial charge in [0.15, 0.2) is 0 Å². The minimum absolute atomic E-state index is 0.342. The number of hydrogen-bond donors (Lipinski definition) is 1. The van der Waals surface area contributed by atoms with Crippen LogP contribution in [0.4, 0.5) is 0 Å². The van der Waals surface area contributed by atoms with E-state index in [2.05, 4.69) is 65.8 Å². The first-order chi connectivity index (χ1) is 9.65. The number of hydrogen-bond acceptors (Lipinski definition) is 3. The van der Waals surface area contributed by atoms with Crippen LogP contribution in [0.2, 0.25) is 0 Å². The molecule has 4 heteroatoms. The number of benzene rings is 1. The molecule has 0 radical (unpaired) electrons. The molecule has 1 aromatic heterocycles. The maximum atomic E-state index is 4.20. The van der Waals surface area contributed by atoms with Gasteiger partial charge in [0, 0.05) is 44.5 Å². The Labute approximate surface area is 121 Å². The van der Waals surface area contributed by atoms with Crippen LogP contribution < -0.4 is 5.32 Å². The zero-order valence-corrected chi connectivity index (χ0v) is 12.6. The second kappa shape index (κ2) is 7.22. The molecular weight excluding hydrogens is 248 g/mol. The highest BCUT2D eigenvalue weighted by molar-refractivity contribution is 5.14. The van der Waals surface area contributed by atoms with Gasteiger partial charge >= 0.3 is 0 Å². The molecule has 0 fully saturated rings. The molecule has 0 bridgehead atoms. The first kappa shape index (κ1) is 14.8. The highest BCUT2D eigenvalue weighted by Gasteiger charge is 2.07. The fourth-order valence-corrected chi connectivity index (χ4v) is 2.23. The Hall–Kier alpha value is -1.65. The number of rotatable bonds is 7. The van der Waals surface area contributed by atoms with Gasteiger partial charge in [-0.25, -0.2) is 0 Å². The van der Waals surface area contributed by atoms with E-state index in [4.69, 9.17) is 0 Å². The largest absolute Gasteiger partial charge is 0.309 e. The number of nitrogens with one attached hydrogen (secondary N) is 1. The SMILES string of the molecule is CC(NCCN(C)Cc1ccccc1)c1cnn(C)c1. The number of aryl methyl sites for hydroxylation is 1. The molecule has 0 aliphatic carbocycles. The number of nitrogens with zero attached hydrogens (tertiary/aromatic N) is 3. The highest BCUT2D eigenvalue weighted by Crippen LogP contribution is 2.09. The Morgan fingerprint density at radius 3 is 2.70 bits per heavy atom. The second-order valence-corrected chi connectivity index (χ2v) is 5.35. The van der Waals surface area contributed by atoms with Crippen LogP contribution in [-0.2, 0) is 13.6 Å². The van der Waals surface area contributed by atoms with E-state index < -0.39 is 0 Å². The molecule has 1 N–H and O–H groups in total. The zero-order chi connectivity index (χ0) is 14.4. The molecule has 2 rings (SSSR count). The maximum absolute atomic E-state index is 4.20. The van der Waals surface area contributed by atoms with E-state index in [-0.39, 0.29) is 0 Å². The van der Waals surface area contributed by atoms with Crippen LogP contribution in [0, 0.1) is 0 Å². The lowest BCUT2D eigenvalue weighted by Gasteiger charge is -2.19. The summed E-state index contributed by atoms with van der Waals surface area (Å²) in [7, 11) is 4.10. The van der Waals surface area contributed by atoms with Crippen molar-refractivity contribution < 1.29 is 0 Å². The Balaban J connectivity index is 1.70. The summed E-state index contributed by atoms with van der Waals surface area (Å²) in [6.45, 7) is 5.16. The summed E-state index contributed by atoms with van der Waals surface area (Å²) in [6, 6.07) is 10.9. The van der Waals surface area contributed by atoms with Gasteiger partial charge in [-0.2, -0.15) is 5.10 Å². The molecule has 4 nitrogen and oxygen atoms in total. The molecule has 0 spiro atoms. The summed E-state index contributed by atoms with van der Waals surface area (Å²) in [4.78, 5) is 2.33. The quantitative estimate of drug-likeness (QED) is 0.839. The summed E-state index contributed by atoms with van der Waals surface area (Å²) in [5.74, 6) is 0. The molecule has 0 aliphatic heterocycles. The molecular formula is C16H24N4. The summed E-state index contributed by atoms with van der Waals surface area (Å²) in [5.41, 5.74) is 2.59. The van der Waals surface area contributed by atoms with Crippen molar-refractivity contribution in [3.63, 3.8) is 0 Å². The number of aromatic nitrogens is 2. The summed E-state index contributed by atoms with van der Waals surface area (Å²) in [5, 5.41) is 7.74. The Morgan fingerprint density at radius 1 is 1.30 bits per heavy atom. The van der Waals surface area contributed by atoms with Crippen LogP contribution >= 0.6 is 0 Å². The first-order valence-electron chi connectivity index (χ1n) is 7.09. The molecule has 1 aromatic carbocycles. The van der Waals surface area contributed by atoms with Gasteiger partial charge in [-0.05, 0) is 19.5 Å². The summed E-state index contributed by atoms with van der Waals surface area (Å²) in [6.07, 6.45) is 3.98. The molecule has 108 valence electrons. The van der Waals surface area contributed by atoms with E-state index in [1.54, 1.807) is 0 Å². The van der Waals surface area contributed by atoms with Crippen molar-refractivity contribution >= 4 is 0 Å². The normalized spacial score (nSPS) is 12.8. The van der Waals surface area contributed by atoms with Crippen molar-refractivity contribution in [2.45, 2.75) is 19.5 Å². The lowest BCUT2D eigenvalue weighted by atomic mass is 10.2. The number of likely N-dealkylation sites (N-methyl/N-ethyl adjacent to an activating group) is 1. The Kier molecular flexibility index (Phi) is 5.32. The van der Waals surface area contributed by atoms with Crippen molar-refractivity contribution in [2.24, 2.45) is 7.05 Å². The third kappa shape index (κ3) is 4.47. The fraction of sp³-hybridized carbons (Fsp3) is 0.438. The van der Waals surface area contributed by atoms with Gasteiger partial charge < -0.3 is 10.2 Å². The molecule has 1 heterocycles. The molecule has 20 heavy (non-hydrogen) atoms. The maximum Gasteiger partial charge on any atom is 0.0537 e. The topological polar surface area (TPSA) is 33.1 Å². The zero-order valence-electron chi connectivity index (χ0n) is 12.6. The standard InChI is InChI=1S/C16H24N4/c1-14(16-11-18-20(3)13-16)17-9-10-19(2)12-15-7-5-4-6-8-15/h4-8,11,13-14,17H,9-10,12H2,1-3H3. The fourth-order valence-electron chi connectivity index (χ4n) is 2.23. The van der Waals surface area contributed by atoms with E-state index in [9.17, 15) is 0 Å². The van der Waals surface area contributed by atoms with Crippen LogP contribution in [-0.4, -0.2) is 34.8 Å². The Morgan fingerprint density at radius 2 is 2.05 bits per heavy atom. The van der Waals surface area contributed by atoms with Gasteiger partial charge in [-0.1, -0.05) is 30.3 Å². The first-order valence-corrected chi connectivity index (χ1v) is 7.09. The monoisotopic (exact) mass is 272 g/mol. The lowest BCUT2D eigenvalue weighted by molar-refractivity contribution is 0.319. The minimum atomic E-state index is 0.342. The lowest BCUT2D eigenvalue weighted by Crippen LogP contribution is -2.30. The van der Waals surface area contributed by atoms with Gasteiger partial charge in [0.1, 0.15) is 0 Å². The van der Waals surface area contributed by atoms with Crippen molar-refractivity contribution in [1.82, 2.24) is 20.0 Å². The molecule has 0 amide bonds. The van der Waals surface area contributed by atoms with Gasteiger partial charge in [-0.3, -0.25) is 4.68 Å². The van der Waals surface area contributed by atoms with Crippen LogP contribution in [0.5, 0.6) is 0 Å². The molecule has 0 saturated heterocycles. The molecule has 0 aliphatic rings.